The number of pyridine rings is 1. The Morgan fingerprint density at radius 3 is 2.72 bits per heavy atom. The van der Waals surface area contributed by atoms with Crippen molar-refractivity contribution in [1.82, 2.24) is 25.3 Å². The Hall–Kier alpha value is -1.75. The molecule has 96 valence electrons. The van der Waals surface area contributed by atoms with Crippen LogP contribution in [-0.2, 0) is 6.54 Å². The fraction of sp³-hybridized carbons (Fsp3) is 0.462. The second-order valence-corrected chi connectivity index (χ2v) is 4.15. The summed E-state index contributed by atoms with van der Waals surface area (Å²) >= 11 is 0. The first-order valence-corrected chi connectivity index (χ1v) is 6.38. The van der Waals surface area contributed by atoms with Crippen molar-refractivity contribution in [3.05, 3.63) is 42.0 Å². The van der Waals surface area contributed by atoms with Gasteiger partial charge in [-0.3, -0.25) is 4.98 Å². The highest BCUT2D eigenvalue weighted by Gasteiger charge is 2.17. The molecule has 0 aliphatic heterocycles. The van der Waals surface area contributed by atoms with Crippen LogP contribution in [0.5, 0.6) is 0 Å². The maximum absolute atomic E-state index is 4.15. The van der Waals surface area contributed by atoms with Gasteiger partial charge in [0.25, 0.3) is 0 Å². The molecule has 1 atom stereocenters. The van der Waals surface area contributed by atoms with Crippen LogP contribution in [0.4, 0.5) is 0 Å². The average molecular weight is 245 g/mol. The van der Waals surface area contributed by atoms with Gasteiger partial charge in [-0.05, 0) is 30.7 Å². The molecular weight excluding hydrogens is 226 g/mol. The summed E-state index contributed by atoms with van der Waals surface area (Å²) in [7, 11) is 0. The zero-order valence-electron chi connectivity index (χ0n) is 10.9. The van der Waals surface area contributed by atoms with E-state index in [2.05, 4.69) is 34.5 Å². The van der Waals surface area contributed by atoms with Crippen LogP contribution in [0, 0.1) is 0 Å². The predicted molar refractivity (Wildman–Crippen MR) is 70.1 cm³/mol. The molecule has 0 spiro atoms. The summed E-state index contributed by atoms with van der Waals surface area (Å²) in [5.41, 5.74) is 2.29. The Kier molecular flexibility index (Phi) is 4.41. The zero-order chi connectivity index (χ0) is 12.8. The molecule has 2 heterocycles. The molecule has 0 radical (unpaired) electrons. The van der Waals surface area contributed by atoms with Gasteiger partial charge in [-0.2, -0.15) is 0 Å². The van der Waals surface area contributed by atoms with Crippen LogP contribution in [0.25, 0.3) is 0 Å². The highest BCUT2D eigenvalue weighted by atomic mass is 15.4. The highest BCUT2D eigenvalue weighted by Crippen LogP contribution is 2.20. The zero-order valence-corrected chi connectivity index (χ0v) is 10.9. The van der Waals surface area contributed by atoms with Gasteiger partial charge in [0.15, 0.2) is 0 Å². The molecule has 2 aromatic heterocycles. The third-order valence-corrected chi connectivity index (χ3v) is 2.83. The molecule has 0 aromatic carbocycles. The van der Waals surface area contributed by atoms with Crippen LogP contribution in [0.2, 0.25) is 0 Å². The van der Waals surface area contributed by atoms with Crippen molar-refractivity contribution in [3.63, 3.8) is 0 Å². The molecule has 0 aliphatic rings. The summed E-state index contributed by atoms with van der Waals surface area (Å²) in [5.74, 6) is 0. The fourth-order valence-corrected chi connectivity index (χ4v) is 2.03. The number of nitrogens with zero attached hydrogens (tertiary/aromatic N) is 4. The topological polar surface area (TPSA) is 55.6 Å². The van der Waals surface area contributed by atoms with Crippen LogP contribution in [0.3, 0.4) is 0 Å². The smallest absolute Gasteiger partial charge is 0.0802 e. The Morgan fingerprint density at radius 2 is 2.06 bits per heavy atom. The van der Waals surface area contributed by atoms with E-state index >= 15 is 0 Å². The summed E-state index contributed by atoms with van der Waals surface area (Å²) in [6.45, 7) is 6.02. The van der Waals surface area contributed by atoms with E-state index in [1.54, 1.807) is 0 Å². The Bertz CT molecular complexity index is 465. The van der Waals surface area contributed by atoms with Crippen molar-refractivity contribution in [2.45, 2.75) is 32.9 Å². The first kappa shape index (κ1) is 12.7. The Balaban J connectivity index is 2.32. The maximum atomic E-state index is 4.15. The third kappa shape index (κ3) is 2.73. The molecular formula is C13H19N5. The lowest BCUT2D eigenvalue weighted by Crippen LogP contribution is -2.25. The molecule has 0 fully saturated rings. The van der Waals surface area contributed by atoms with Gasteiger partial charge in [0.2, 0.25) is 0 Å². The summed E-state index contributed by atoms with van der Waals surface area (Å²) in [6.07, 6.45) is 6.51. The minimum Gasteiger partial charge on any atom is -0.305 e. The van der Waals surface area contributed by atoms with E-state index in [0.717, 1.165) is 25.2 Å². The lowest BCUT2D eigenvalue weighted by atomic mass is 10.1. The summed E-state index contributed by atoms with van der Waals surface area (Å²) in [6, 6.07) is 4.17. The van der Waals surface area contributed by atoms with Crippen molar-refractivity contribution >= 4 is 0 Å². The summed E-state index contributed by atoms with van der Waals surface area (Å²) in [4.78, 5) is 4.06. The van der Waals surface area contributed by atoms with E-state index in [9.17, 15) is 0 Å². The number of nitrogens with one attached hydrogen (secondary N) is 1. The largest absolute Gasteiger partial charge is 0.305 e. The van der Waals surface area contributed by atoms with Crippen molar-refractivity contribution < 1.29 is 0 Å². The van der Waals surface area contributed by atoms with Crippen molar-refractivity contribution in [2.24, 2.45) is 0 Å². The Labute approximate surface area is 107 Å². The molecule has 5 nitrogen and oxygen atoms in total. The molecule has 0 amide bonds. The van der Waals surface area contributed by atoms with E-state index in [1.807, 2.05) is 35.4 Å². The highest BCUT2D eigenvalue weighted by molar-refractivity contribution is 5.24. The van der Waals surface area contributed by atoms with E-state index in [1.165, 1.54) is 5.56 Å². The third-order valence-electron chi connectivity index (χ3n) is 2.83. The molecule has 0 saturated heterocycles. The van der Waals surface area contributed by atoms with Crippen LogP contribution >= 0.6 is 0 Å². The molecule has 0 aliphatic carbocycles. The summed E-state index contributed by atoms with van der Waals surface area (Å²) in [5, 5.41) is 11.6. The predicted octanol–water partition coefficient (Wildman–Crippen LogP) is 1.78. The molecule has 2 rings (SSSR count). The van der Waals surface area contributed by atoms with Gasteiger partial charge in [-0.15, -0.1) is 5.10 Å². The second-order valence-electron chi connectivity index (χ2n) is 4.15. The van der Waals surface area contributed by atoms with Crippen LogP contribution in [0.15, 0.2) is 30.7 Å². The van der Waals surface area contributed by atoms with Gasteiger partial charge in [0, 0.05) is 18.9 Å². The molecule has 1 unspecified atom stereocenters. The molecule has 5 heteroatoms. The van der Waals surface area contributed by atoms with Gasteiger partial charge in [0.1, 0.15) is 0 Å². The quantitative estimate of drug-likeness (QED) is 0.843. The average Bonchev–Trinajstić information content (AvgIpc) is 2.85. The normalized spacial score (nSPS) is 12.6. The number of aryl methyl sites for hydroxylation is 1. The number of rotatable bonds is 6. The van der Waals surface area contributed by atoms with E-state index in [-0.39, 0.29) is 6.04 Å². The van der Waals surface area contributed by atoms with E-state index in [4.69, 9.17) is 0 Å². The Morgan fingerprint density at radius 1 is 1.28 bits per heavy atom. The van der Waals surface area contributed by atoms with Gasteiger partial charge in [0.05, 0.1) is 17.9 Å². The molecule has 18 heavy (non-hydrogen) atoms. The molecule has 0 saturated carbocycles. The monoisotopic (exact) mass is 245 g/mol. The number of hydrogen-bond donors (Lipinski definition) is 1. The number of hydrogen-bond acceptors (Lipinski definition) is 4. The number of aromatic nitrogens is 4. The van der Waals surface area contributed by atoms with Crippen LogP contribution in [-0.4, -0.2) is 26.5 Å². The lowest BCUT2D eigenvalue weighted by molar-refractivity contribution is 0.511. The van der Waals surface area contributed by atoms with E-state index in [0.29, 0.717) is 0 Å². The van der Waals surface area contributed by atoms with Gasteiger partial charge in [-0.1, -0.05) is 19.1 Å². The van der Waals surface area contributed by atoms with Crippen molar-refractivity contribution in [2.75, 3.05) is 6.54 Å². The molecule has 0 bridgehead atoms. The minimum absolute atomic E-state index is 0.125. The molecule has 1 N–H and O–H groups in total. The van der Waals surface area contributed by atoms with Gasteiger partial charge in [-0.25, -0.2) is 4.68 Å². The summed E-state index contributed by atoms with van der Waals surface area (Å²) < 4.78 is 1.97. The first-order valence-electron chi connectivity index (χ1n) is 6.38. The minimum atomic E-state index is 0.125. The standard InChI is InChI=1S/C13H19N5/c1-3-9-18-12(10-16-17-18)13(15-4-2)11-5-7-14-8-6-11/h5-8,10,13,15H,3-4,9H2,1-2H3. The van der Waals surface area contributed by atoms with Crippen LogP contribution in [0.1, 0.15) is 37.6 Å². The first-order chi connectivity index (χ1) is 8.86. The van der Waals surface area contributed by atoms with Gasteiger partial charge < -0.3 is 5.32 Å². The molecule has 2 aromatic rings. The van der Waals surface area contributed by atoms with Crippen molar-refractivity contribution in [3.8, 4) is 0 Å². The maximum Gasteiger partial charge on any atom is 0.0802 e. The SMILES string of the molecule is CCCn1nncc1C(NCC)c1ccncc1. The lowest BCUT2D eigenvalue weighted by Gasteiger charge is -2.18. The van der Waals surface area contributed by atoms with E-state index < -0.39 is 0 Å². The second kappa shape index (κ2) is 6.26. The van der Waals surface area contributed by atoms with Crippen molar-refractivity contribution in [1.29, 1.82) is 0 Å². The van der Waals surface area contributed by atoms with Gasteiger partial charge >= 0.3 is 0 Å². The fourth-order valence-electron chi connectivity index (χ4n) is 2.03. The van der Waals surface area contributed by atoms with Crippen LogP contribution < -0.4 is 5.32 Å².